The molecule has 1 spiro atoms. The third kappa shape index (κ3) is 2.97. The maximum Gasteiger partial charge on any atom is 0.316 e. The normalized spacial score (nSPS) is 46.8. The highest BCUT2D eigenvalue weighted by Crippen LogP contribution is 2.78. The maximum atomic E-state index is 13.6. The molecule has 8 atom stereocenters. The molecular formula is C26H40O6Si2. The third-order valence-electron chi connectivity index (χ3n) is 9.17. The number of ether oxygens (including phenoxy) is 2. The van der Waals surface area contributed by atoms with E-state index in [0.717, 1.165) is 5.57 Å². The van der Waals surface area contributed by atoms with Crippen molar-refractivity contribution in [3.63, 3.8) is 0 Å². The van der Waals surface area contributed by atoms with Crippen LogP contribution in [0, 0.1) is 28.6 Å². The number of esters is 2. The van der Waals surface area contributed by atoms with Gasteiger partial charge in [-0.3, -0.25) is 9.59 Å². The van der Waals surface area contributed by atoms with Gasteiger partial charge in [0, 0.05) is 18.3 Å². The molecule has 0 radical (unpaired) electrons. The summed E-state index contributed by atoms with van der Waals surface area (Å²) in [5, 5.41) is 0. The Balaban J connectivity index is 1.72. The van der Waals surface area contributed by atoms with E-state index in [1.54, 1.807) is 0 Å². The zero-order valence-electron chi connectivity index (χ0n) is 21.9. The molecule has 5 aliphatic rings. The molecule has 1 saturated heterocycles. The molecular weight excluding hydrogens is 464 g/mol. The fraction of sp³-hybridized carbons (Fsp3) is 0.769. The van der Waals surface area contributed by atoms with Crippen LogP contribution in [0.2, 0.25) is 39.3 Å². The number of carbonyl (C=O) groups excluding carboxylic acids is 2. The molecule has 0 amide bonds. The lowest BCUT2D eigenvalue weighted by Gasteiger charge is -2.53. The molecule has 0 aromatic carbocycles. The standard InChI is InChI=1S/C26H40O6Si2/c1-16-14-24-15-26(16,32-34(7,8)9)18(31-33(4,5)6)13-17(24)25-12-10-11-23(2,22(28)30-25)20(25)19(24)21(27)29-3/h10-11,17-20H,1,12-15H2,2-9H3/t17?,18-,19-,20?,23?,24+,25-,26+/m1/s1. The Kier molecular flexibility index (Phi) is 5.01. The van der Waals surface area contributed by atoms with E-state index in [1.165, 1.54) is 7.11 Å². The van der Waals surface area contributed by atoms with Crippen molar-refractivity contribution in [1.29, 1.82) is 0 Å². The maximum absolute atomic E-state index is 13.6. The Bertz CT molecular complexity index is 994. The summed E-state index contributed by atoms with van der Waals surface area (Å²) in [5.41, 5.74) is -1.54. The van der Waals surface area contributed by atoms with Crippen molar-refractivity contribution in [3.05, 3.63) is 24.3 Å². The first-order chi connectivity index (χ1) is 15.5. The van der Waals surface area contributed by atoms with E-state index in [9.17, 15) is 9.59 Å². The highest BCUT2D eigenvalue weighted by Gasteiger charge is 2.84. The Hall–Kier alpha value is -1.23. The second-order valence-electron chi connectivity index (χ2n) is 13.5. The van der Waals surface area contributed by atoms with E-state index in [1.807, 2.05) is 13.0 Å². The molecule has 1 aliphatic heterocycles. The van der Waals surface area contributed by atoms with Crippen LogP contribution in [0.25, 0.3) is 0 Å². The first kappa shape index (κ1) is 24.5. The zero-order chi connectivity index (χ0) is 25.1. The van der Waals surface area contributed by atoms with Crippen molar-refractivity contribution in [1.82, 2.24) is 0 Å². The Labute approximate surface area is 205 Å². The molecule has 0 N–H and O–H groups in total. The monoisotopic (exact) mass is 504 g/mol. The number of rotatable bonds is 5. The lowest BCUT2D eigenvalue weighted by Crippen LogP contribution is -2.60. The highest BCUT2D eigenvalue weighted by molar-refractivity contribution is 6.70. The topological polar surface area (TPSA) is 71.1 Å². The van der Waals surface area contributed by atoms with E-state index in [4.69, 9.17) is 18.3 Å². The summed E-state index contributed by atoms with van der Waals surface area (Å²) in [6.07, 6.45) is 6.59. The van der Waals surface area contributed by atoms with E-state index in [-0.39, 0.29) is 29.9 Å². The summed E-state index contributed by atoms with van der Waals surface area (Å²) in [5.74, 6) is -1.16. The number of hydrogen-bond donors (Lipinski definition) is 0. The van der Waals surface area contributed by atoms with Gasteiger partial charge >= 0.3 is 11.9 Å². The molecule has 188 valence electrons. The van der Waals surface area contributed by atoms with Gasteiger partial charge in [0.25, 0.3) is 0 Å². The van der Waals surface area contributed by atoms with Crippen LogP contribution in [-0.4, -0.2) is 53.0 Å². The van der Waals surface area contributed by atoms with Gasteiger partial charge in [0.1, 0.15) is 11.2 Å². The Morgan fingerprint density at radius 1 is 1.18 bits per heavy atom. The molecule has 0 aromatic heterocycles. The van der Waals surface area contributed by atoms with Gasteiger partial charge in [-0.25, -0.2) is 0 Å². The largest absolute Gasteiger partial charge is 0.469 e. The van der Waals surface area contributed by atoms with Crippen LogP contribution in [0.5, 0.6) is 0 Å². The molecule has 3 unspecified atom stereocenters. The van der Waals surface area contributed by atoms with Crippen LogP contribution >= 0.6 is 0 Å². The quantitative estimate of drug-likeness (QED) is 0.303. The van der Waals surface area contributed by atoms with Crippen LogP contribution in [0.15, 0.2) is 24.3 Å². The first-order valence-corrected chi connectivity index (χ1v) is 19.4. The Morgan fingerprint density at radius 3 is 2.44 bits per heavy atom. The summed E-state index contributed by atoms with van der Waals surface area (Å²) in [6.45, 7) is 19.7. The molecule has 8 heteroatoms. The average Bonchev–Trinajstić information content (AvgIpc) is 3.10. The van der Waals surface area contributed by atoms with Crippen molar-refractivity contribution in [3.8, 4) is 0 Å². The third-order valence-corrected chi connectivity index (χ3v) is 11.1. The number of hydrogen-bond acceptors (Lipinski definition) is 6. The fourth-order valence-corrected chi connectivity index (χ4v) is 11.1. The van der Waals surface area contributed by atoms with Gasteiger partial charge in [-0.1, -0.05) is 18.7 Å². The number of fused-ring (bicyclic) bond motifs is 1. The van der Waals surface area contributed by atoms with Crippen molar-refractivity contribution in [2.75, 3.05) is 7.11 Å². The number of carbonyl (C=O) groups is 2. The van der Waals surface area contributed by atoms with Crippen LogP contribution < -0.4 is 0 Å². The lowest BCUT2D eigenvalue weighted by molar-refractivity contribution is -0.168. The summed E-state index contributed by atoms with van der Waals surface area (Å²) in [4.78, 5) is 26.8. The van der Waals surface area contributed by atoms with Gasteiger partial charge in [-0.15, -0.1) is 0 Å². The molecule has 6 nitrogen and oxygen atoms in total. The van der Waals surface area contributed by atoms with Crippen molar-refractivity contribution in [2.24, 2.45) is 28.6 Å². The molecule has 3 saturated carbocycles. The van der Waals surface area contributed by atoms with Gasteiger partial charge in [0.05, 0.1) is 24.5 Å². The van der Waals surface area contributed by atoms with Crippen molar-refractivity contribution < 1.29 is 27.9 Å². The minimum atomic E-state index is -2.00. The highest BCUT2D eigenvalue weighted by atomic mass is 28.4. The van der Waals surface area contributed by atoms with Gasteiger partial charge in [0.2, 0.25) is 0 Å². The van der Waals surface area contributed by atoms with E-state index in [0.29, 0.717) is 25.7 Å². The lowest BCUT2D eigenvalue weighted by atomic mass is 9.61. The van der Waals surface area contributed by atoms with Gasteiger partial charge < -0.3 is 18.3 Å². The van der Waals surface area contributed by atoms with Gasteiger partial charge in [0.15, 0.2) is 16.6 Å². The fourth-order valence-electron chi connectivity index (χ4n) is 8.56. The molecule has 4 bridgehead atoms. The number of methoxy groups -OCH3 is 1. The average molecular weight is 505 g/mol. The summed E-state index contributed by atoms with van der Waals surface area (Å²) < 4.78 is 25.7. The van der Waals surface area contributed by atoms with Crippen molar-refractivity contribution in [2.45, 2.75) is 89.2 Å². The molecule has 1 heterocycles. The molecule has 4 fully saturated rings. The minimum absolute atomic E-state index is 0.0104. The van der Waals surface area contributed by atoms with Crippen LogP contribution in [0.1, 0.15) is 32.6 Å². The van der Waals surface area contributed by atoms with Gasteiger partial charge in [-0.05, 0) is 76.5 Å². The smallest absolute Gasteiger partial charge is 0.316 e. The van der Waals surface area contributed by atoms with E-state index in [2.05, 4.69) is 51.9 Å². The summed E-state index contributed by atoms with van der Waals surface area (Å²) in [6, 6.07) is 0. The van der Waals surface area contributed by atoms with Crippen LogP contribution in [0.3, 0.4) is 0 Å². The van der Waals surface area contributed by atoms with E-state index < -0.39 is 44.6 Å². The van der Waals surface area contributed by atoms with Crippen LogP contribution in [0.4, 0.5) is 0 Å². The molecule has 5 rings (SSSR count). The molecule has 4 aliphatic carbocycles. The second kappa shape index (κ2) is 6.96. The van der Waals surface area contributed by atoms with Gasteiger partial charge in [-0.2, -0.15) is 0 Å². The predicted molar refractivity (Wildman–Crippen MR) is 134 cm³/mol. The van der Waals surface area contributed by atoms with E-state index >= 15 is 0 Å². The molecule has 0 aromatic rings. The zero-order valence-corrected chi connectivity index (χ0v) is 23.9. The SMILES string of the molecule is C=C1C[C@]23C[C@@]1(O[Si](C)(C)C)[C@H](O[Si](C)(C)C)CC2[C@@]12CC=CC(C)(C(=O)O1)C2[C@@H]3C(=O)OC. The minimum Gasteiger partial charge on any atom is -0.469 e. The summed E-state index contributed by atoms with van der Waals surface area (Å²) in [7, 11) is -2.48. The predicted octanol–water partition coefficient (Wildman–Crippen LogP) is 4.83. The second-order valence-corrected chi connectivity index (χ2v) is 22.4. The Morgan fingerprint density at radius 2 is 1.85 bits per heavy atom. The molecule has 34 heavy (non-hydrogen) atoms. The first-order valence-electron chi connectivity index (χ1n) is 12.6. The van der Waals surface area contributed by atoms with Crippen LogP contribution in [-0.2, 0) is 27.9 Å². The summed E-state index contributed by atoms with van der Waals surface area (Å²) >= 11 is 0. The van der Waals surface area contributed by atoms with Crippen molar-refractivity contribution >= 4 is 28.6 Å².